The second kappa shape index (κ2) is 6.55. The number of aromatic nitrogens is 1. The Morgan fingerprint density at radius 1 is 1.43 bits per heavy atom. The lowest BCUT2D eigenvalue weighted by molar-refractivity contribution is -0.124. The number of carbonyl (C=O) groups excluding carboxylic acids is 1. The van der Waals surface area contributed by atoms with E-state index < -0.39 is 0 Å². The Bertz CT molecular complexity index is 756. The summed E-state index contributed by atoms with van der Waals surface area (Å²) in [4.78, 5) is 26.1. The Morgan fingerprint density at radius 2 is 2.26 bits per heavy atom. The van der Waals surface area contributed by atoms with Gasteiger partial charge in [-0.15, -0.1) is 0 Å². The van der Waals surface area contributed by atoms with E-state index in [-0.39, 0.29) is 17.8 Å². The molecule has 0 bridgehead atoms. The van der Waals surface area contributed by atoms with E-state index in [4.69, 9.17) is 9.15 Å². The molecule has 0 saturated carbocycles. The summed E-state index contributed by atoms with van der Waals surface area (Å²) in [5.74, 6) is -0.531. The molecule has 1 amide bonds. The highest BCUT2D eigenvalue weighted by Crippen LogP contribution is 2.20. The molecule has 0 radical (unpaired) electrons. The molecule has 1 N–H and O–H groups in total. The summed E-state index contributed by atoms with van der Waals surface area (Å²) >= 11 is 0. The number of carbonyl (C=O) groups is 1. The number of oxazole rings is 1. The topological polar surface area (TPSA) is 76.7 Å². The summed E-state index contributed by atoms with van der Waals surface area (Å²) in [6.07, 6.45) is 1.27. The molecule has 1 atom stereocenters. The van der Waals surface area contributed by atoms with E-state index in [2.05, 4.69) is 5.32 Å². The van der Waals surface area contributed by atoms with Gasteiger partial charge in [0.1, 0.15) is 6.10 Å². The lowest BCUT2D eigenvalue weighted by Crippen LogP contribution is -2.27. The first-order chi connectivity index (χ1) is 11.0. The largest absolute Gasteiger partial charge is 0.419 e. The molecule has 124 valence electrons. The van der Waals surface area contributed by atoms with Gasteiger partial charge in [-0.1, -0.05) is 0 Å². The number of amides is 1. The molecular weight excluding hydrogens is 298 g/mol. The Morgan fingerprint density at radius 3 is 2.96 bits per heavy atom. The third kappa shape index (κ3) is 3.46. The maximum atomic E-state index is 12.1. The predicted octanol–water partition coefficient (Wildman–Crippen LogP) is 1.27. The van der Waals surface area contributed by atoms with Crippen LogP contribution in [0.5, 0.6) is 0 Å². The van der Waals surface area contributed by atoms with Gasteiger partial charge >= 0.3 is 5.76 Å². The molecule has 1 aliphatic heterocycles. The number of nitrogens with zero attached hydrogens (tertiary/aromatic N) is 2. The molecular formula is C16H21N3O4. The molecule has 1 aromatic carbocycles. The van der Waals surface area contributed by atoms with Crippen molar-refractivity contribution in [2.24, 2.45) is 0 Å². The fourth-order valence-corrected chi connectivity index (χ4v) is 2.66. The average Bonchev–Trinajstić information content (AvgIpc) is 3.12. The number of likely N-dealkylation sites (N-methyl/N-ethyl adjacent to an activating group) is 1. The zero-order valence-electron chi connectivity index (χ0n) is 13.4. The number of rotatable bonds is 5. The van der Waals surface area contributed by atoms with Crippen molar-refractivity contribution < 1.29 is 13.9 Å². The van der Waals surface area contributed by atoms with Gasteiger partial charge in [-0.2, -0.15) is 0 Å². The van der Waals surface area contributed by atoms with Crippen LogP contribution in [0, 0.1) is 0 Å². The van der Waals surface area contributed by atoms with Crippen LogP contribution in [0.2, 0.25) is 0 Å². The smallest absolute Gasteiger partial charge is 0.408 e. The summed E-state index contributed by atoms with van der Waals surface area (Å²) in [7, 11) is 3.89. The highest BCUT2D eigenvalue weighted by atomic mass is 16.5. The minimum absolute atomic E-state index is 0.146. The molecule has 0 aliphatic carbocycles. The molecule has 2 heterocycles. The fraction of sp³-hybridized carbons (Fsp3) is 0.500. The number of hydrogen-bond acceptors (Lipinski definition) is 5. The maximum Gasteiger partial charge on any atom is 0.419 e. The molecule has 0 unspecified atom stereocenters. The standard InChI is InChI=1S/C16H21N3O4/c1-18(2)7-8-19-12-10-11(5-6-13(12)23-16(19)21)17-15(20)14-4-3-9-22-14/h5-6,10,14H,3-4,7-9H2,1-2H3,(H,17,20)/t14-/m0/s1. The first-order valence-electron chi connectivity index (χ1n) is 7.75. The van der Waals surface area contributed by atoms with Gasteiger partial charge in [-0.3, -0.25) is 9.36 Å². The van der Waals surface area contributed by atoms with Gasteiger partial charge in [-0.05, 0) is 45.1 Å². The van der Waals surface area contributed by atoms with Gasteiger partial charge in [0.25, 0.3) is 5.91 Å². The van der Waals surface area contributed by atoms with Crippen LogP contribution in [0.15, 0.2) is 27.4 Å². The van der Waals surface area contributed by atoms with Gasteiger partial charge in [0.15, 0.2) is 5.58 Å². The SMILES string of the molecule is CN(C)CCn1c(=O)oc2ccc(NC(=O)[C@@H]3CCCO3)cc21. The van der Waals surface area contributed by atoms with Crippen molar-refractivity contribution in [3.8, 4) is 0 Å². The molecule has 3 rings (SSSR count). The van der Waals surface area contributed by atoms with E-state index in [9.17, 15) is 9.59 Å². The van der Waals surface area contributed by atoms with Crippen molar-refractivity contribution in [2.75, 3.05) is 32.6 Å². The van der Waals surface area contributed by atoms with E-state index in [1.807, 2.05) is 19.0 Å². The molecule has 23 heavy (non-hydrogen) atoms. The highest BCUT2D eigenvalue weighted by molar-refractivity contribution is 5.95. The van der Waals surface area contributed by atoms with E-state index >= 15 is 0 Å². The molecule has 7 heteroatoms. The van der Waals surface area contributed by atoms with Crippen LogP contribution >= 0.6 is 0 Å². The number of anilines is 1. The quantitative estimate of drug-likeness (QED) is 0.898. The number of benzene rings is 1. The van der Waals surface area contributed by atoms with Crippen LogP contribution in [0.3, 0.4) is 0 Å². The van der Waals surface area contributed by atoms with Crippen molar-refractivity contribution >= 4 is 22.7 Å². The minimum atomic E-state index is -0.385. The van der Waals surface area contributed by atoms with E-state index in [0.29, 0.717) is 29.9 Å². The second-order valence-corrected chi connectivity index (χ2v) is 6.00. The van der Waals surface area contributed by atoms with Crippen molar-refractivity contribution in [3.63, 3.8) is 0 Å². The number of nitrogens with one attached hydrogen (secondary N) is 1. The molecule has 1 fully saturated rings. The zero-order valence-corrected chi connectivity index (χ0v) is 13.4. The van der Waals surface area contributed by atoms with Crippen LogP contribution in [0.4, 0.5) is 5.69 Å². The van der Waals surface area contributed by atoms with Crippen LogP contribution in [-0.2, 0) is 16.1 Å². The van der Waals surface area contributed by atoms with Gasteiger partial charge < -0.3 is 19.4 Å². The van der Waals surface area contributed by atoms with Crippen LogP contribution in [-0.4, -0.2) is 48.7 Å². The van der Waals surface area contributed by atoms with Crippen molar-refractivity contribution in [1.82, 2.24) is 9.47 Å². The van der Waals surface area contributed by atoms with Gasteiger partial charge in [0, 0.05) is 25.4 Å². The Hall–Kier alpha value is -2.12. The predicted molar refractivity (Wildman–Crippen MR) is 86.6 cm³/mol. The number of ether oxygens (including phenoxy) is 1. The normalized spacial score (nSPS) is 18.0. The van der Waals surface area contributed by atoms with Crippen molar-refractivity contribution in [1.29, 1.82) is 0 Å². The van der Waals surface area contributed by atoms with Crippen molar-refractivity contribution in [3.05, 3.63) is 28.7 Å². The third-order valence-electron chi connectivity index (χ3n) is 3.93. The lowest BCUT2D eigenvalue weighted by Gasteiger charge is -2.11. The molecule has 2 aromatic rings. The summed E-state index contributed by atoms with van der Waals surface area (Å²) in [5.41, 5.74) is 1.84. The van der Waals surface area contributed by atoms with E-state index in [0.717, 1.165) is 19.4 Å². The Kier molecular flexibility index (Phi) is 4.49. The Balaban J connectivity index is 1.83. The van der Waals surface area contributed by atoms with Gasteiger partial charge in [0.05, 0.1) is 5.52 Å². The highest BCUT2D eigenvalue weighted by Gasteiger charge is 2.23. The summed E-state index contributed by atoms with van der Waals surface area (Å²) < 4.78 is 12.2. The molecule has 1 aliphatic rings. The number of hydrogen-bond donors (Lipinski definition) is 1. The second-order valence-electron chi connectivity index (χ2n) is 6.00. The lowest BCUT2D eigenvalue weighted by atomic mass is 10.2. The monoisotopic (exact) mass is 319 g/mol. The fourth-order valence-electron chi connectivity index (χ4n) is 2.66. The van der Waals surface area contributed by atoms with E-state index in [1.165, 1.54) is 0 Å². The van der Waals surface area contributed by atoms with Gasteiger partial charge in [-0.25, -0.2) is 4.79 Å². The molecule has 7 nitrogen and oxygen atoms in total. The molecule has 1 saturated heterocycles. The van der Waals surface area contributed by atoms with Crippen LogP contribution < -0.4 is 11.1 Å². The average molecular weight is 319 g/mol. The van der Waals surface area contributed by atoms with Gasteiger partial charge in [0.2, 0.25) is 0 Å². The molecule has 0 spiro atoms. The minimum Gasteiger partial charge on any atom is -0.408 e. The third-order valence-corrected chi connectivity index (χ3v) is 3.93. The van der Waals surface area contributed by atoms with Crippen molar-refractivity contribution in [2.45, 2.75) is 25.5 Å². The summed E-state index contributed by atoms with van der Waals surface area (Å²) in [5, 5.41) is 2.85. The van der Waals surface area contributed by atoms with Crippen LogP contribution in [0.25, 0.3) is 11.1 Å². The zero-order chi connectivity index (χ0) is 16.4. The molecule has 1 aromatic heterocycles. The van der Waals surface area contributed by atoms with E-state index in [1.54, 1.807) is 22.8 Å². The van der Waals surface area contributed by atoms with Crippen LogP contribution in [0.1, 0.15) is 12.8 Å². The first kappa shape index (κ1) is 15.8. The Labute approximate surface area is 133 Å². The first-order valence-corrected chi connectivity index (χ1v) is 7.75. The maximum absolute atomic E-state index is 12.1. The number of fused-ring (bicyclic) bond motifs is 1. The summed E-state index contributed by atoms with van der Waals surface area (Å²) in [6, 6.07) is 5.20. The summed E-state index contributed by atoms with van der Waals surface area (Å²) in [6.45, 7) is 1.88.